The van der Waals surface area contributed by atoms with Gasteiger partial charge in [0.25, 0.3) is 0 Å². The number of fused-ring (bicyclic) bond motifs is 5. The highest BCUT2D eigenvalue weighted by atomic mass is 35.5. The number of amides is 2. The topological polar surface area (TPSA) is 130 Å². The van der Waals surface area contributed by atoms with Crippen molar-refractivity contribution < 1.29 is 38.7 Å². The fourth-order valence-electron chi connectivity index (χ4n) is 5.46. The van der Waals surface area contributed by atoms with Gasteiger partial charge in [-0.2, -0.15) is 0 Å². The summed E-state index contributed by atoms with van der Waals surface area (Å²) in [6.07, 6.45) is 1.63. The largest absolute Gasteiger partial charge is 0.495 e. The number of nitrogens with one attached hydrogen (secondary N) is 1. The molecular formula is C28H37ClN2O8. The molecule has 10 nitrogen and oxygen atoms in total. The molecule has 0 spiro atoms. The van der Waals surface area contributed by atoms with Crippen LogP contribution in [-0.4, -0.2) is 79.2 Å². The summed E-state index contributed by atoms with van der Waals surface area (Å²) in [5.74, 6) is -0.323. The molecule has 2 amide bonds. The van der Waals surface area contributed by atoms with E-state index in [0.717, 1.165) is 11.1 Å². The smallest absolute Gasteiger partial charge is 0.409 e. The predicted molar refractivity (Wildman–Crippen MR) is 145 cm³/mol. The molecule has 7 atom stereocenters. The highest BCUT2D eigenvalue weighted by Crippen LogP contribution is 2.48. The Morgan fingerprint density at radius 3 is 2.64 bits per heavy atom. The molecule has 4 rings (SSSR count). The van der Waals surface area contributed by atoms with Crippen LogP contribution in [0.25, 0.3) is 0 Å². The average molecular weight is 565 g/mol. The maximum Gasteiger partial charge on any atom is 0.409 e. The molecule has 2 fully saturated rings. The molecule has 3 aliphatic heterocycles. The molecule has 2 saturated heterocycles. The Labute approximate surface area is 233 Å². The van der Waals surface area contributed by atoms with E-state index in [1.807, 2.05) is 32.1 Å². The molecule has 3 aliphatic rings. The second-order valence-corrected chi connectivity index (χ2v) is 11.2. The van der Waals surface area contributed by atoms with Crippen LogP contribution in [0.3, 0.4) is 0 Å². The number of epoxide rings is 1. The number of methoxy groups -OCH3 is 2. The number of aliphatic hydroxyl groups excluding tert-OH is 1. The van der Waals surface area contributed by atoms with Crippen molar-refractivity contribution in [3.8, 4) is 5.75 Å². The molecule has 1 aromatic rings. The van der Waals surface area contributed by atoms with Crippen LogP contribution in [-0.2, 0) is 25.4 Å². The van der Waals surface area contributed by atoms with E-state index in [-0.39, 0.29) is 23.8 Å². The quantitative estimate of drug-likeness (QED) is 0.467. The van der Waals surface area contributed by atoms with Gasteiger partial charge in [-0.1, -0.05) is 42.3 Å². The Morgan fingerprint density at radius 2 is 1.97 bits per heavy atom. The average Bonchev–Trinajstić information content (AvgIpc) is 3.58. The standard InChI is InChI=1S/C28H37ClN2O8/c1-15-8-7-9-22(37-6)28(35)14-20(38-26(34)30-28)16(2)25-27(3,39-25)21(32)13-23(33)31(4)18-11-17(10-15)12-19(36-5)24(18)29/h7-9,11-12,16,20-22,25,32,35H,10,13-14H2,1-6H3,(H,30,34)/b9-7+,15-8+/t16-,20?,21?,22?,25?,27?,28?/m0/s1. The third kappa shape index (κ3) is 5.81. The van der Waals surface area contributed by atoms with Gasteiger partial charge in [-0.05, 0) is 38.0 Å². The number of nitrogens with zero attached hydrogens (tertiary/aromatic N) is 1. The third-order valence-electron chi connectivity index (χ3n) is 7.98. The van der Waals surface area contributed by atoms with E-state index in [2.05, 4.69) is 5.32 Å². The second-order valence-electron chi connectivity index (χ2n) is 10.8. The number of halogens is 1. The van der Waals surface area contributed by atoms with Crippen molar-refractivity contribution in [2.45, 2.75) is 75.8 Å². The van der Waals surface area contributed by atoms with Crippen molar-refractivity contribution in [1.82, 2.24) is 5.32 Å². The summed E-state index contributed by atoms with van der Waals surface area (Å²) < 4.78 is 22.4. The first-order valence-electron chi connectivity index (χ1n) is 12.9. The number of benzene rings is 1. The number of anilines is 1. The Balaban J connectivity index is 1.74. The maximum atomic E-state index is 13.3. The molecule has 11 heteroatoms. The number of carbonyl (C=O) groups is 2. The van der Waals surface area contributed by atoms with Gasteiger partial charge in [0.05, 0.1) is 31.4 Å². The molecule has 0 radical (unpaired) electrons. The summed E-state index contributed by atoms with van der Waals surface area (Å²) in [7, 11) is 4.56. The van der Waals surface area contributed by atoms with Crippen molar-refractivity contribution in [3.05, 3.63) is 46.5 Å². The van der Waals surface area contributed by atoms with Crippen LogP contribution in [0.15, 0.2) is 35.9 Å². The van der Waals surface area contributed by atoms with E-state index < -0.39 is 47.8 Å². The van der Waals surface area contributed by atoms with E-state index in [1.165, 1.54) is 19.1 Å². The van der Waals surface area contributed by atoms with E-state index in [1.54, 1.807) is 26.1 Å². The minimum absolute atomic E-state index is 0.0310. The Kier molecular flexibility index (Phi) is 8.35. The maximum absolute atomic E-state index is 13.3. The lowest BCUT2D eigenvalue weighted by atomic mass is 9.84. The SMILES string of the molecule is COc1cc2cc(c1Cl)N(C)C(=O)CC(O)C1(C)OC1[C@@H](C)C1CC(O)(NC(=O)O1)C(OC)/C=C/C=C(\C)C2. The second kappa shape index (κ2) is 11.1. The van der Waals surface area contributed by atoms with Gasteiger partial charge in [0, 0.05) is 26.5 Å². The van der Waals surface area contributed by atoms with Crippen molar-refractivity contribution in [2.24, 2.45) is 5.92 Å². The first-order chi connectivity index (χ1) is 18.3. The Morgan fingerprint density at radius 1 is 1.26 bits per heavy atom. The molecule has 39 heavy (non-hydrogen) atoms. The number of ether oxygens (including phenoxy) is 4. The number of allylic oxidation sites excluding steroid dienone is 3. The lowest BCUT2D eigenvalue weighted by Crippen LogP contribution is -2.63. The lowest BCUT2D eigenvalue weighted by Gasteiger charge is -2.42. The van der Waals surface area contributed by atoms with Crippen molar-refractivity contribution in [3.63, 3.8) is 0 Å². The fourth-order valence-corrected chi connectivity index (χ4v) is 5.78. The molecule has 214 valence electrons. The number of aliphatic hydroxyl groups is 2. The minimum atomic E-state index is -1.73. The number of hydrogen-bond donors (Lipinski definition) is 3. The number of alkyl carbamates (subject to hydrolysis) is 1. The zero-order valence-electron chi connectivity index (χ0n) is 23.1. The molecule has 0 aliphatic carbocycles. The summed E-state index contributed by atoms with van der Waals surface area (Å²) >= 11 is 6.58. The molecule has 3 N–H and O–H groups in total. The van der Waals surface area contributed by atoms with Crippen molar-refractivity contribution in [2.75, 3.05) is 26.2 Å². The van der Waals surface area contributed by atoms with Crippen LogP contribution in [0.1, 0.15) is 39.2 Å². The summed E-state index contributed by atoms with van der Waals surface area (Å²) in [4.78, 5) is 27.1. The van der Waals surface area contributed by atoms with Crippen LogP contribution in [0.2, 0.25) is 5.02 Å². The summed E-state index contributed by atoms with van der Waals surface area (Å²) in [6, 6.07) is 3.63. The van der Waals surface area contributed by atoms with Crippen LogP contribution < -0.4 is 15.0 Å². The molecule has 0 saturated carbocycles. The highest BCUT2D eigenvalue weighted by molar-refractivity contribution is 6.35. The molecular weight excluding hydrogens is 528 g/mol. The minimum Gasteiger partial charge on any atom is -0.495 e. The zero-order chi connectivity index (χ0) is 28.7. The van der Waals surface area contributed by atoms with Crippen molar-refractivity contribution >= 4 is 29.3 Å². The van der Waals surface area contributed by atoms with E-state index >= 15 is 0 Å². The van der Waals surface area contributed by atoms with Crippen molar-refractivity contribution in [1.29, 1.82) is 0 Å². The summed E-state index contributed by atoms with van der Waals surface area (Å²) in [6.45, 7) is 5.48. The molecule has 4 bridgehead atoms. The van der Waals surface area contributed by atoms with E-state index in [4.69, 9.17) is 30.5 Å². The van der Waals surface area contributed by atoms with E-state index in [0.29, 0.717) is 17.9 Å². The van der Waals surface area contributed by atoms with Crippen LogP contribution in [0, 0.1) is 5.92 Å². The predicted octanol–water partition coefficient (Wildman–Crippen LogP) is 3.12. The van der Waals surface area contributed by atoms with Gasteiger partial charge in [0.15, 0.2) is 5.72 Å². The molecule has 0 aromatic heterocycles. The van der Waals surface area contributed by atoms with Gasteiger partial charge in [0.2, 0.25) is 5.91 Å². The van der Waals surface area contributed by atoms with Crippen LogP contribution >= 0.6 is 11.6 Å². The normalized spacial score (nSPS) is 37.6. The first kappa shape index (κ1) is 29.4. The monoisotopic (exact) mass is 564 g/mol. The van der Waals surface area contributed by atoms with Crippen LogP contribution in [0.5, 0.6) is 5.75 Å². The first-order valence-corrected chi connectivity index (χ1v) is 13.3. The highest BCUT2D eigenvalue weighted by Gasteiger charge is 2.62. The molecule has 1 aromatic carbocycles. The molecule has 3 heterocycles. The molecule has 6 unspecified atom stereocenters. The number of carbonyl (C=O) groups excluding carboxylic acids is 2. The number of rotatable bonds is 2. The number of hydrogen-bond acceptors (Lipinski definition) is 8. The van der Waals surface area contributed by atoms with Gasteiger partial charge >= 0.3 is 6.09 Å². The Hall–Kier alpha value is -2.63. The van der Waals surface area contributed by atoms with Gasteiger partial charge in [-0.25, -0.2) is 4.79 Å². The summed E-state index contributed by atoms with van der Waals surface area (Å²) in [5.41, 5.74) is -0.479. The van der Waals surface area contributed by atoms with Gasteiger partial charge in [-0.15, -0.1) is 0 Å². The van der Waals surface area contributed by atoms with E-state index in [9.17, 15) is 19.8 Å². The van der Waals surface area contributed by atoms with Crippen LogP contribution in [0.4, 0.5) is 10.5 Å². The zero-order valence-corrected chi connectivity index (χ0v) is 23.8. The Bertz CT molecular complexity index is 1190. The fraction of sp³-hybridized carbons (Fsp3) is 0.571. The third-order valence-corrected chi connectivity index (χ3v) is 8.36. The van der Waals surface area contributed by atoms with Gasteiger partial charge in [0.1, 0.15) is 28.6 Å². The summed E-state index contributed by atoms with van der Waals surface area (Å²) in [5, 5.41) is 25.3. The lowest BCUT2D eigenvalue weighted by molar-refractivity contribution is -0.142. The van der Waals surface area contributed by atoms with Gasteiger partial charge < -0.3 is 34.1 Å². The van der Waals surface area contributed by atoms with Gasteiger partial charge in [-0.3, -0.25) is 10.1 Å².